The fourth-order valence-corrected chi connectivity index (χ4v) is 5.82. The summed E-state index contributed by atoms with van der Waals surface area (Å²) in [6.07, 6.45) is -3.99. The molecule has 10 heteroatoms. The van der Waals surface area contributed by atoms with E-state index in [1.54, 1.807) is 44.2 Å². The fourth-order valence-electron chi connectivity index (χ4n) is 4.84. The summed E-state index contributed by atoms with van der Waals surface area (Å²) in [7, 11) is -3.50. The number of alkyl halides is 3. The van der Waals surface area contributed by atoms with Crippen LogP contribution in [0.4, 0.5) is 18.9 Å². The largest absolute Gasteiger partial charge is 0.493 e. The predicted molar refractivity (Wildman–Crippen MR) is 171 cm³/mol. The maximum Gasteiger partial charge on any atom is 0.417 e. The standard InChI is InChI=1S/C34H36ClF3N2O3S/c1-25(2)44(41,42)39-29-17-10-18-30(22-29)43-21-11-20-40(23-28-16-9-19-32(33(28)35)34(36,37)38)24-31(26-12-5-3-6-13-26)27-14-7-4-8-15-27/h3-10,12-19,22,25,31,39H,11,20-21,23-24H2,1-2H3. The topological polar surface area (TPSA) is 58.6 Å². The van der Waals surface area contributed by atoms with Gasteiger partial charge in [0.2, 0.25) is 10.0 Å². The van der Waals surface area contributed by atoms with Crippen LogP contribution < -0.4 is 9.46 Å². The van der Waals surface area contributed by atoms with Crippen molar-refractivity contribution in [3.63, 3.8) is 0 Å². The monoisotopic (exact) mass is 644 g/mol. The highest BCUT2D eigenvalue weighted by molar-refractivity contribution is 7.93. The highest BCUT2D eigenvalue weighted by atomic mass is 35.5. The molecule has 0 aliphatic heterocycles. The van der Waals surface area contributed by atoms with Crippen LogP contribution >= 0.6 is 11.6 Å². The third-order valence-electron chi connectivity index (χ3n) is 7.22. The van der Waals surface area contributed by atoms with Gasteiger partial charge in [-0.25, -0.2) is 8.42 Å². The zero-order valence-electron chi connectivity index (χ0n) is 24.6. The Hall–Kier alpha value is -3.53. The van der Waals surface area contributed by atoms with E-state index < -0.39 is 27.0 Å². The minimum atomic E-state index is -4.56. The molecule has 0 amide bonds. The van der Waals surface area contributed by atoms with Crippen molar-refractivity contribution in [1.82, 2.24) is 4.90 Å². The molecule has 4 rings (SSSR count). The molecule has 0 saturated carbocycles. The molecule has 44 heavy (non-hydrogen) atoms. The van der Waals surface area contributed by atoms with Gasteiger partial charge in [-0.15, -0.1) is 0 Å². The highest BCUT2D eigenvalue weighted by Crippen LogP contribution is 2.37. The number of nitrogens with zero attached hydrogens (tertiary/aromatic N) is 1. The fraction of sp³-hybridized carbons (Fsp3) is 0.294. The van der Waals surface area contributed by atoms with Crippen LogP contribution in [0.15, 0.2) is 103 Å². The minimum absolute atomic E-state index is 0.0337. The van der Waals surface area contributed by atoms with Gasteiger partial charge >= 0.3 is 6.18 Å². The van der Waals surface area contributed by atoms with Gasteiger partial charge in [0.05, 0.1) is 28.1 Å². The average Bonchev–Trinajstić information content (AvgIpc) is 2.99. The number of rotatable bonds is 14. The Labute approximate surface area is 262 Å². The molecule has 0 saturated heterocycles. The lowest BCUT2D eigenvalue weighted by atomic mass is 9.90. The second kappa shape index (κ2) is 15.0. The van der Waals surface area contributed by atoms with E-state index in [1.165, 1.54) is 6.07 Å². The molecular formula is C34H36ClF3N2O3S. The van der Waals surface area contributed by atoms with Crippen molar-refractivity contribution in [2.75, 3.05) is 24.4 Å². The van der Waals surface area contributed by atoms with Gasteiger partial charge in [-0.3, -0.25) is 9.62 Å². The first-order valence-corrected chi connectivity index (χ1v) is 16.3. The Kier molecular flexibility index (Phi) is 11.4. The molecule has 1 N–H and O–H groups in total. The second-order valence-corrected chi connectivity index (χ2v) is 13.4. The lowest BCUT2D eigenvalue weighted by Gasteiger charge is -2.29. The SMILES string of the molecule is CC(C)S(=O)(=O)Nc1cccc(OCCCN(Cc2cccc(C(F)(F)F)c2Cl)CC(c2ccccc2)c2ccccc2)c1. The minimum Gasteiger partial charge on any atom is -0.493 e. The number of sulfonamides is 1. The van der Waals surface area contributed by atoms with Gasteiger partial charge < -0.3 is 4.74 Å². The Balaban J connectivity index is 1.53. The number of halogens is 4. The third kappa shape index (κ3) is 9.24. The van der Waals surface area contributed by atoms with Crippen molar-refractivity contribution < 1.29 is 26.3 Å². The van der Waals surface area contributed by atoms with Crippen molar-refractivity contribution in [3.05, 3.63) is 130 Å². The molecule has 0 spiro atoms. The Morgan fingerprint density at radius 3 is 2.07 bits per heavy atom. The summed E-state index contributed by atoms with van der Waals surface area (Å²) in [5.41, 5.74) is 2.14. The van der Waals surface area contributed by atoms with Crippen molar-refractivity contribution in [1.29, 1.82) is 0 Å². The maximum absolute atomic E-state index is 13.6. The van der Waals surface area contributed by atoms with Gasteiger partial charge in [-0.2, -0.15) is 13.2 Å². The summed E-state index contributed by atoms with van der Waals surface area (Å²) in [4.78, 5) is 2.10. The second-order valence-electron chi connectivity index (χ2n) is 10.8. The zero-order chi connectivity index (χ0) is 31.7. The molecule has 0 fully saturated rings. The molecule has 0 atom stereocenters. The normalized spacial score (nSPS) is 12.2. The van der Waals surface area contributed by atoms with Gasteiger partial charge in [0, 0.05) is 31.6 Å². The van der Waals surface area contributed by atoms with Crippen molar-refractivity contribution >= 4 is 27.3 Å². The van der Waals surface area contributed by atoms with Gasteiger partial charge in [0.1, 0.15) is 5.75 Å². The quantitative estimate of drug-likeness (QED) is 0.140. The van der Waals surface area contributed by atoms with Crippen LogP contribution in [0.1, 0.15) is 48.4 Å². The molecule has 0 radical (unpaired) electrons. The predicted octanol–water partition coefficient (Wildman–Crippen LogP) is 8.61. The number of nitrogens with one attached hydrogen (secondary N) is 1. The van der Waals surface area contributed by atoms with Crippen LogP contribution in [0.2, 0.25) is 5.02 Å². The van der Waals surface area contributed by atoms with Crippen LogP contribution in [0, 0.1) is 0 Å². The number of benzene rings is 4. The molecule has 0 unspecified atom stereocenters. The van der Waals surface area contributed by atoms with E-state index in [2.05, 4.69) is 33.9 Å². The van der Waals surface area contributed by atoms with Crippen molar-refractivity contribution in [2.24, 2.45) is 0 Å². The van der Waals surface area contributed by atoms with Crippen LogP contribution in [0.25, 0.3) is 0 Å². The van der Waals surface area contributed by atoms with E-state index in [-0.39, 0.29) is 17.5 Å². The summed E-state index contributed by atoms with van der Waals surface area (Å²) in [6, 6.07) is 30.8. The van der Waals surface area contributed by atoms with Crippen LogP contribution in [-0.4, -0.2) is 38.3 Å². The van der Waals surface area contributed by atoms with E-state index in [0.717, 1.165) is 17.2 Å². The van der Waals surface area contributed by atoms with Gasteiger partial charge in [-0.1, -0.05) is 90.5 Å². The number of hydrogen-bond donors (Lipinski definition) is 1. The molecular weight excluding hydrogens is 609 g/mol. The molecule has 234 valence electrons. The van der Waals surface area contributed by atoms with E-state index >= 15 is 0 Å². The molecule has 0 aliphatic rings. The van der Waals surface area contributed by atoms with Crippen molar-refractivity contribution in [3.8, 4) is 5.75 Å². The van der Waals surface area contributed by atoms with Gasteiger partial charge in [-0.05, 0) is 55.2 Å². The first-order valence-electron chi connectivity index (χ1n) is 14.4. The summed E-state index contributed by atoms with van der Waals surface area (Å²) in [6.45, 7) is 4.78. The average molecular weight is 645 g/mol. The summed E-state index contributed by atoms with van der Waals surface area (Å²) < 4.78 is 73.9. The highest BCUT2D eigenvalue weighted by Gasteiger charge is 2.34. The van der Waals surface area contributed by atoms with E-state index in [1.807, 2.05) is 36.4 Å². The Morgan fingerprint density at radius 2 is 1.48 bits per heavy atom. The molecule has 0 bridgehead atoms. The van der Waals surface area contributed by atoms with E-state index in [4.69, 9.17) is 16.3 Å². The number of ether oxygens (including phenoxy) is 1. The van der Waals surface area contributed by atoms with Crippen LogP contribution in [-0.2, 0) is 22.7 Å². The molecule has 4 aromatic carbocycles. The molecule has 4 aromatic rings. The van der Waals surface area contributed by atoms with Gasteiger partial charge in [0.25, 0.3) is 0 Å². The number of anilines is 1. The first kappa shape index (κ1) is 33.4. The summed E-state index contributed by atoms with van der Waals surface area (Å²) >= 11 is 6.31. The Morgan fingerprint density at radius 1 is 0.864 bits per heavy atom. The first-order chi connectivity index (χ1) is 20.9. The van der Waals surface area contributed by atoms with Gasteiger partial charge in [0.15, 0.2) is 0 Å². The molecule has 0 heterocycles. The van der Waals surface area contributed by atoms with Crippen LogP contribution in [0.5, 0.6) is 5.75 Å². The Bertz CT molecular complexity index is 1560. The third-order valence-corrected chi connectivity index (χ3v) is 9.43. The lowest BCUT2D eigenvalue weighted by molar-refractivity contribution is -0.137. The molecule has 5 nitrogen and oxygen atoms in total. The van der Waals surface area contributed by atoms with Crippen molar-refractivity contribution in [2.45, 2.75) is 44.2 Å². The van der Waals surface area contributed by atoms with E-state index in [0.29, 0.717) is 43.1 Å². The molecule has 0 aliphatic carbocycles. The summed E-state index contributed by atoms with van der Waals surface area (Å²) in [5.74, 6) is 0.474. The maximum atomic E-state index is 13.6. The smallest absolute Gasteiger partial charge is 0.417 e. The molecule has 0 aromatic heterocycles. The van der Waals surface area contributed by atoms with E-state index in [9.17, 15) is 21.6 Å². The lowest BCUT2D eigenvalue weighted by Crippen LogP contribution is -2.31. The summed E-state index contributed by atoms with van der Waals surface area (Å²) in [5, 5.41) is -0.878. The zero-order valence-corrected chi connectivity index (χ0v) is 26.2. The number of hydrogen-bond acceptors (Lipinski definition) is 4. The van der Waals surface area contributed by atoms with Crippen LogP contribution in [0.3, 0.4) is 0 Å².